The largest absolute Gasteiger partial charge is 0.506 e. The second kappa shape index (κ2) is 16.3. The van der Waals surface area contributed by atoms with Crippen LogP contribution in [0.3, 0.4) is 0 Å². The highest BCUT2D eigenvalue weighted by Crippen LogP contribution is 2.49. The topological polar surface area (TPSA) is 101 Å². The molecular weight excluding hydrogens is 794 g/mol. The Morgan fingerprint density at radius 2 is 1.57 bits per heavy atom. The van der Waals surface area contributed by atoms with Crippen LogP contribution in [0.1, 0.15) is 57.4 Å². The van der Waals surface area contributed by atoms with Crippen molar-refractivity contribution in [2.75, 3.05) is 61.3 Å². The number of hydrogen-bond acceptors (Lipinski definition) is 8. The van der Waals surface area contributed by atoms with Crippen LogP contribution in [0.25, 0.3) is 31.1 Å². The third-order valence-corrected chi connectivity index (χ3v) is 13.4. The summed E-state index contributed by atoms with van der Waals surface area (Å²) in [4.78, 5) is 21.1. The van der Waals surface area contributed by atoms with Crippen LogP contribution in [0, 0.1) is 13.8 Å². The molecule has 6 heterocycles. The van der Waals surface area contributed by atoms with Gasteiger partial charge in [-0.05, 0) is 97.1 Å². The molecule has 2 atom stereocenters. The molecule has 3 aliphatic rings. The minimum absolute atomic E-state index is 0. The third kappa shape index (κ3) is 7.24. The van der Waals surface area contributed by atoms with Gasteiger partial charge in [0, 0.05) is 82.7 Å². The quantitative estimate of drug-likeness (QED) is 0.120. The van der Waals surface area contributed by atoms with Gasteiger partial charge in [-0.15, -0.1) is 70.7 Å². The lowest BCUT2D eigenvalue weighted by atomic mass is 9.97. The maximum absolute atomic E-state index is 13.7. The summed E-state index contributed by atoms with van der Waals surface area (Å²) in [5, 5.41) is 31.2. The number of aryl methyl sites for hydroxylation is 2. The number of phenolic OH excluding ortho intramolecular Hbond substituents is 2. The van der Waals surface area contributed by atoms with E-state index in [1.807, 2.05) is 42.6 Å². The Morgan fingerprint density at radius 3 is 2.25 bits per heavy atom. The van der Waals surface area contributed by atoms with Gasteiger partial charge in [-0.2, -0.15) is 0 Å². The number of halogens is 4. The Hall–Kier alpha value is -3.09. The number of amides is 1. The molecule has 6 aromatic rings. The molecule has 3 aromatic carbocycles. The highest BCUT2D eigenvalue weighted by atomic mass is 35.5. The number of ether oxygens (including phenoxy) is 1. The molecule has 1 fully saturated rings. The van der Waals surface area contributed by atoms with Crippen molar-refractivity contribution in [3.8, 4) is 17.2 Å². The first-order valence-electron chi connectivity index (χ1n) is 17.4. The van der Waals surface area contributed by atoms with Crippen molar-refractivity contribution in [2.45, 2.75) is 38.5 Å². The molecule has 0 bridgehead atoms. The molecule has 1 amide bonds. The van der Waals surface area contributed by atoms with Crippen LogP contribution in [-0.4, -0.2) is 77.1 Å². The summed E-state index contributed by atoms with van der Waals surface area (Å²) in [7, 11) is 0. The number of anilines is 2. The number of carbonyl (C=O) groups is 1. The minimum atomic E-state index is -0.127. The molecule has 1 saturated heterocycles. The van der Waals surface area contributed by atoms with Gasteiger partial charge in [0.1, 0.15) is 29.5 Å². The van der Waals surface area contributed by atoms with Crippen molar-refractivity contribution in [3.05, 3.63) is 75.1 Å². The number of aromatic hydroxyl groups is 2. The normalized spacial score (nSPS) is 17.6. The van der Waals surface area contributed by atoms with Gasteiger partial charge in [-0.3, -0.25) is 9.69 Å². The fourth-order valence-electron chi connectivity index (χ4n) is 7.91. The SMILES string of the molecule is Cc1csc2c(O)cc3c(c12)[C@H](CCl)CN3.Cc1csc2c(O)cc3c(c12)[C@H](CCl)CN3C(=O)c1cc2cc(OCCN3CCCC3)ccc2[nH]1.Cl.Cl. The Bertz CT molecular complexity index is 2280. The van der Waals surface area contributed by atoms with E-state index in [0.29, 0.717) is 42.3 Å². The number of aromatic amines is 1. The second-order valence-electron chi connectivity index (χ2n) is 13.8. The first-order valence-corrected chi connectivity index (χ1v) is 20.2. The monoisotopic (exact) mass is 834 g/mol. The standard InChI is InChI=1S/C27H28ClN3O3S.C12H12ClNOS.2ClH/c1-16-15-35-26-23(32)12-22-25(24(16)26)18(13-28)14-31(22)27(33)21-11-17-10-19(4-5-20(17)29-21)34-9-8-30-6-2-3-7-30;1-6-5-16-12-9(15)2-8-11(10(6)12)7(3-13)4-14-8;;/h4-5,10-12,15,18,29,32H,2-3,6-9,13-14H2,1H3;2,5,7,14-15H,3-4H2,1H3;2*1H/t18-;7-;;/m11../s1. The van der Waals surface area contributed by atoms with Crippen molar-refractivity contribution in [3.63, 3.8) is 0 Å². The van der Waals surface area contributed by atoms with Crippen molar-refractivity contribution in [1.29, 1.82) is 0 Å². The molecule has 8 nitrogen and oxygen atoms in total. The van der Waals surface area contributed by atoms with E-state index in [1.165, 1.54) is 40.7 Å². The van der Waals surface area contributed by atoms with Crippen LogP contribution < -0.4 is 15.0 Å². The van der Waals surface area contributed by atoms with E-state index < -0.39 is 0 Å². The number of alkyl halides is 2. The summed E-state index contributed by atoms with van der Waals surface area (Å²) in [6.45, 7) is 9.40. The first kappa shape index (κ1) is 39.6. The van der Waals surface area contributed by atoms with Gasteiger partial charge >= 0.3 is 0 Å². The summed E-state index contributed by atoms with van der Waals surface area (Å²) in [5.74, 6) is 2.67. The van der Waals surface area contributed by atoms with Crippen LogP contribution >= 0.6 is 70.7 Å². The lowest BCUT2D eigenvalue weighted by molar-refractivity contribution is 0.0984. The van der Waals surface area contributed by atoms with Crippen LogP contribution in [0.15, 0.2) is 47.2 Å². The maximum atomic E-state index is 13.7. The van der Waals surface area contributed by atoms with Gasteiger partial charge < -0.3 is 30.2 Å². The number of benzene rings is 3. The van der Waals surface area contributed by atoms with E-state index in [2.05, 4.69) is 27.5 Å². The molecule has 53 heavy (non-hydrogen) atoms. The molecule has 3 aromatic heterocycles. The summed E-state index contributed by atoms with van der Waals surface area (Å²) < 4.78 is 7.82. The number of H-pyrrole nitrogens is 1. The molecular formula is C39H42Cl4N4O4S2. The Morgan fingerprint density at radius 1 is 0.906 bits per heavy atom. The summed E-state index contributed by atoms with van der Waals surface area (Å²) in [6.07, 6.45) is 2.55. The van der Waals surface area contributed by atoms with E-state index >= 15 is 0 Å². The van der Waals surface area contributed by atoms with E-state index in [-0.39, 0.29) is 42.4 Å². The zero-order valence-corrected chi connectivity index (χ0v) is 34.1. The molecule has 0 saturated carbocycles. The van der Waals surface area contributed by atoms with E-state index in [9.17, 15) is 15.0 Å². The van der Waals surface area contributed by atoms with Crippen molar-refractivity contribution in [1.82, 2.24) is 9.88 Å². The number of nitrogens with one attached hydrogen (secondary N) is 2. The number of aromatic nitrogens is 1. The molecule has 14 heteroatoms. The average molecular weight is 837 g/mol. The van der Waals surface area contributed by atoms with Crippen LogP contribution in [-0.2, 0) is 0 Å². The van der Waals surface area contributed by atoms with Gasteiger partial charge in [-0.25, -0.2) is 0 Å². The average Bonchev–Trinajstić information content (AvgIpc) is 3.98. The highest BCUT2D eigenvalue weighted by Gasteiger charge is 2.36. The van der Waals surface area contributed by atoms with Crippen LogP contribution in [0.2, 0.25) is 0 Å². The van der Waals surface area contributed by atoms with Crippen molar-refractivity contribution >= 4 is 119 Å². The molecule has 9 rings (SSSR count). The van der Waals surface area contributed by atoms with E-state index in [1.54, 1.807) is 22.3 Å². The van der Waals surface area contributed by atoms with Gasteiger partial charge in [-0.1, -0.05) is 0 Å². The number of carbonyl (C=O) groups excluding carboxylic acids is 1. The number of nitrogens with zero attached hydrogens (tertiary/aromatic N) is 2. The summed E-state index contributed by atoms with van der Waals surface area (Å²) in [6, 6.07) is 11.3. The van der Waals surface area contributed by atoms with Crippen LogP contribution in [0.4, 0.5) is 11.4 Å². The van der Waals surface area contributed by atoms with E-state index in [4.69, 9.17) is 27.9 Å². The lowest BCUT2D eigenvalue weighted by Gasteiger charge is -2.17. The zero-order chi connectivity index (χ0) is 35.4. The summed E-state index contributed by atoms with van der Waals surface area (Å²) >= 11 is 15.5. The predicted molar refractivity (Wildman–Crippen MR) is 228 cm³/mol. The van der Waals surface area contributed by atoms with Crippen molar-refractivity contribution < 1.29 is 19.7 Å². The van der Waals surface area contributed by atoms with Crippen molar-refractivity contribution in [2.24, 2.45) is 0 Å². The highest BCUT2D eigenvalue weighted by molar-refractivity contribution is 7.18. The molecule has 282 valence electrons. The fourth-order valence-corrected chi connectivity index (χ4v) is 10.4. The number of phenols is 2. The van der Waals surface area contributed by atoms with Gasteiger partial charge in [0.15, 0.2) is 0 Å². The molecule has 0 radical (unpaired) electrons. The first-order chi connectivity index (χ1) is 24.7. The maximum Gasteiger partial charge on any atom is 0.274 e. The molecule has 0 unspecified atom stereocenters. The van der Waals surface area contributed by atoms with Gasteiger partial charge in [0.25, 0.3) is 5.91 Å². The lowest BCUT2D eigenvalue weighted by Crippen LogP contribution is -2.30. The molecule has 0 aliphatic carbocycles. The fraction of sp³-hybridized carbons (Fsp3) is 0.359. The minimum Gasteiger partial charge on any atom is -0.506 e. The number of likely N-dealkylation sites (tertiary alicyclic amines) is 1. The number of hydrogen-bond donors (Lipinski definition) is 4. The van der Waals surface area contributed by atoms with Gasteiger partial charge in [0.05, 0.1) is 15.1 Å². The van der Waals surface area contributed by atoms with Crippen LogP contribution in [0.5, 0.6) is 17.2 Å². The zero-order valence-electron chi connectivity index (χ0n) is 29.3. The smallest absolute Gasteiger partial charge is 0.274 e. The number of rotatable bonds is 7. The third-order valence-electron chi connectivity index (χ3n) is 10.4. The summed E-state index contributed by atoms with van der Waals surface area (Å²) in [5.41, 5.74) is 7.85. The number of fused-ring (bicyclic) bond motifs is 7. The van der Waals surface area contributed by atoms with Gasteiger partial charge in [0.2, 0.25) is 0 Å². The second-order valence-corrected chi connectivity index (χ2v) is 16.1. The Labute approximate surface area is 338 Å². The molecule has 4 N–H and O–H groups in total. The Balaban J connectivity index is 0.000000224. The molecule has 3 aliphatic heterocycles. The number of thiophene rings is 2. The van der Waals surface area contributed by atoms with E-state index in [0.717, 1.165) is 80.1 Å². The predicted octanol–water partition coefficient (Wildman–Crippen LogP) is 10.4. The molecule has 0 spiro atoms. The Kier molecular flexibility index (Phi) is 12.2.